The number of amides is 1. The summed E-state index contributed by atoms with van der Waals surface area (Å²) in [5.74, 6) is 0.691. The van der Waals surface area contributed by atoms with Gasteiger partial charge in [-0.15, -0.1) is 11.3 Å². The molecule has 0 bridgehead atoms. The Kier molecular flexibility index (Phi) is 7.07. The van der Waals surface area contributed by atoms with E-state index in [4.69, 9.17) is 14.1 Å². The fourth-order valence-corrected chi connectivity index (χ4v) is 4.83. The Bertz CT molecular complexity index is 1370. The first-order chi connectivity index (χ1) is 17.2. The molecular formula is C28H27N3O3S. The van der Waals surface area contributed by atoms with E-state index in [2.05, 4.69) is 47.2 Å². The number of aromatic nitrogens is 2. The lowest BCUT2D eigenvalue weighted by molar-refractivity contribution is -0.137. The van der Waals surface area contributed by atoms with Crippen LogP contribution in [-0.4, -0.2) is 33.3 Å². The van der Waals surface area contributed by atoms with Crippen molar-refractivity contribution in [3.8, 4) is 11.3 Å². The second kappa shape index (κ2) is 10.7. The van der Waals surface area contributed by atoms with Gasteiger partial charge < -0.3 is 14.1 Å². The first-order valence-corrected chi connectivity index (χ1v) is 12.5. The number of thiazole rings is 1. The molecule has 0 aliphatic rings. The third-order valence-corrected chi connectivity index (χ3v) is 6.77. The van der Waals surface area contributed by atoms with Crippen molar-refractivity contribution in [3.63, 3.8) is 0 Å². The van der Waals surface area contributed by atoms with Crippen molar-refractivity contribution in [3.05, 3.63) is 107 Å². The number of nitrogens with zero attached hydrogens (tertiary/aromatic N) is 3. The summed E-state index contributed by atoms with van der Waals surface area (Å²) in [6.07, 6.45) is 4.41. The van der Waals surface area contributed by atoms with Crippen LogP contribution in [0.4, 0.5) is 0 Å². The molecule has 0 aliphatic carbocycles. The highest BCUT2D eigenvalue weighted by molar-refractivity contribution is 7.15. The number of furan rings is 1. The summed E-state index contributed by atoms with van der Waals surface area (Å²) in [6.45, 7) is 3.47. The molecule has 0 N–H and O–H groups in total. The molecule has 3 heterocycles. The van der Waals surface area contributed by atoms with Gasteiger partial charge in [-0.05, 0) is 24.6 Å². The highest BCUT2D eigenvalue weighted by atomic mass is 32.1. The minimum Gasteiger partial charge on any atom is -0.467 e. The highest BCUT2D eigenvalue weighted by Gasteiger charge is 2.17. The lowest BCUT2D eigenvalue weighted by atomic mass is 10.1. The van der Waals surface area contributed by atoms with Gasteiger partial charge >= 0.3 is 0 Å². The molecule has 0 aliphatic heterocycles. The van der Waals surface area contributed by atoms with E-state index in [9.17, 15) is 4.79 Å². The average Bonchev–Trinajstić information content (AvgIpc) is 3.61. The molecule has 0 saturated carbocycles. The van der Waals surface area contributed by atoms with E-state index >= 15 is 0 Å². The molecule has 0 spiro atoms. The van der Waals surface area contributed by atoms with E-state index in [0.717, 1.165) is 33.2 Å². The zero-order valence-corrected chi connectivity index (χ0v) is 20.4. The van der Waals surface area contributed by atoms with Crippen LogP contribution < -0.4 is 0 Å². The second-order valence-electron chi connectivity index (χ2n) is 8.49. The van der Waals surface area contributed by atoms with E-state index in [1.807, 2.05) is 42.5 Å². The number of aryl methyl sites for hydroxylation is 1. The molecule has 2 aromatic carbocycles. The number of carbonyl (C=O) groups excluding carboxylic acids is 1. The summed E-state index contributed by atoms with van der Waals surface area (Å²) in [5.41, 5.74) is 5.45. The van der Waals surface area contributed by atoms with Gasteiger partial charge in [0.25, 0.3) is 0 Å². The Labute approximate surface area is 208 Å². The molecule has 6 nitrogen and oxygen atoms in total. The van der Waals surface area contributed by atoms with Crippen LogP contribution in [0.2, 0.25) is 0 Å². The van der Waals surface area contributed by atoms with Gasteiger partial charge in [-0.1, -0.05) is 60.2 Å². The van der Waals surface area contributed by atoms with Crippen LogP contribution in [0.15, 0.2) is 89.0 Å². The number of hydrogen-bond acceptors (Lipinski definition) is 5. The van der Waals surface area contributed by atoms with Crippen molar-refractivity contribution in [2.75, 3.05) is 13.2 Å². The third-order valence-electron chi connectivity index (χ3n) is 5.89. The fraction of sp³-hybridized carbons (Fsp3) is 0.214. The molecule has 0 atom stereocenters. The van der Waals surface area contributed by atoms with Gasteiger partial charge in [0.1, 0.15) is 12.4 Å². The number of hydrogen-bond donors (Lipinski definition) is 0. The van der Waals surface area contributed by atoms with Gasteiger partial charge in [0.15, 0.2) is 4.96 Å². The molecule has 3 aromatic heterocycles. The Hall–Kier alpha value is -3.68. The zero-order valence-electron chi connectivity index (χ0n) is 19.6. The van der Waals surface area contributed by atoms with E-state index < -0.39 is 0 Å². The van der Waals surface area contributed by atoms with E-state index in [1.165, 1.54) is 5.56 Å². The number of ether oxygens (including phenoxy) is 1. The Morgan fingerprint density at radius 3 is 2.69 bits per heavy atom. The number of benzene rings is 2. The van der Waals surface area contributed by atoms with Crippen molar-refractivity contribution >= 4 is 22.2 Å². The number of carbonyl (C=O) groups is 1. The molecule has 0 saturated heterocycles. The second-order valence-corrected chi connectivity index (χ2v) is 9.33. The molecule has 1 amide bonds. The number of fused-ring (bicyclic) bond motifs is 1. The fourth-order valence-electron chi connectivity index (χ4n) is 3.93. The molecule has 5 aromatic rings. The van der Waals surface area contributed by atoms with Crippen molar-refractivity contribution in [1.29, 1.82) is 0 Å². The maximum absolute atomic E-state index is 13.0. The maximum atomic E-state index is 13.0. The van der Waals surface area contributed by atoms with Crippen molar-refractivity contribution in [1.82, 2.24) is 14.3 Å². The van der Waals surface area contributed by atoms with Crippen LogP contribution in [0, 0.1) is 6.92 Å². The number of imidazole rings is 1. The van der Waals surface area contributed by atoms with Gasteiger partial charge in [0, 0.05) is 35.8 Å². The van der Waals surface area contributed by atoms with Crippen LogP contribution in [0.3, 0.4) is 0 Å². The predicted molar refractivity (Wildman–Crippen MR) is 137 cm³/mol. The summed E-state index contributed by atoms with van der Waals surface area (Å²) in [5, 5.41) is 2.11. The van der Waals surface area contributed by atoms with Gasteiger partial charge in [0.2, 0.25) is 5.91 Å². The maximum Gasteiger partial charge on any atom is 0.249 e. The van der Waals surface area contributed by atoms with Crippen LogP contribution in [0.1, 0.15) is 22.6 Å². The van der Waals surface area contributed by atoms with Gasteiger partial charge in [0.05, 0.1) is 25.1 Å². The molecule has 5 rings (SSSR count). The topological polar surface area (TPSA) is 60.0 Å². The quantitative estimate of drug-likeness (QED) is 0.253. The van der Waals surface area contributed by atoms with Crippen molar-refractivity contribution in [2.24, 2.45) is 0 Å². The summed E-state index contributed by atoms with van der Waals surface area (Å²) in [4.78, 5) is 20.6. The normalized spacial score (nSPS) is 11.2. The third kappa shape index (κ3) is 5.70. The molecule has 0 unspecified atom stereocenters. The SMILES string of the molecule is Cc1ccc(-c2cn3c(CCN(Cc4ccco4)C(=O)COCc4ccccc4)csc3n2)cc1. The Balaban J connectivity index is 1.26. The summed E-state index contributed by atoms with van der Waals surface area (Å²) in [7, 11) is 0. The standard InChI is InChI=1S/C28H27N3O3S/c1-21-9-11-23(12-10-21)26-17-31-24(20-35-28(31)29-26)13-14-30(16-25-8-5-15-34-25)27(32)19-33-18-22-6-3-2-4-7-22/h2-12,15,17,20H,13-14,16,18-19H2,1H3. The minimum atomic E-state index is -0.0604. The van der Waals surface area contributed by atoms with Crippen molar-refractivity contribution < 1.29 is 13.9 Å². The molecule has 35 heavy (non-hydrogen) atoms. The first kappa shape index (κ1) is 23.1. The van der Waals surface area contributed by atoms with Gasteiger partial charge in [-0.2, -0.15) is 0 Å². The Morgan fingerprint density at radius 2 is 1.91 bits per heavy atom. The first-order valence-electron chi connectivity index (χ1n) is 11.6. The molecular weight excluding hydrogens is 458 g/mol. The minimum absolute atomic E-state index is 0.0251. The largest absolute Gasteiger partial charge is 0.467 e. The van der Waals surface area contributed by atoms with E-state index in [-0.39, 0.29) is 12.5 Å². The lowest BCUT2D eigenvalue weighted by Crippen LogP contribution is -2.35. The van der Waals surface area contributed by atoms with Crippen LogP contribution in [0.25, 0.3) is 16.2 Å². The van der Waals surface area contributed by atoms with E-state index in [0.29, 0.717) is 26.1 Å². The summed E-state index contributed by atoms with van der Waals surface area (Å²) < 4.78 is 13.3. The lowest BCUT2D eigenvalue weighted by Gasteiger charge is -2.21. The summed E-state index contributed by atoms with van der Waals surface area (Å²) in [6, 6.07) is 22.0. The number of rotatable bonds is 10. The zero-order chi connectivity index (χ0) is 24.0. The van der Waals surface area contributed by atoms with Crippen molar-refractivity contribution in [2.45, 2.75) is 26.5 Å². The van der Waals surface area contributed by atoms with Gasteiger partial charge in [-0.25, -0.2) is 4.98 Å². The smallest absolute Gasteiger partial charge is 0.249 e. The molecule has 0 fully saturated rings. The van der Waals surface area contributed by atoms with Crippen LogP contribution >= 0.6 is 11.3 Å². The molecule has 0 radical (unpaired) electrons. The van der Waals surface area contributed by atoms with Crippen LogP contribution in [-0.2, 0) is 29.1 Å². The Morgan fingerprint density at radius 1 is 1.09 bits per heavy atom. The summed E-state index contributed by atoms with van der Waals surface area (Å²) >= 11 is 1.61. The average molecular weight is 486 g/mol. The highest BCUT2D eigenvalue weighted by Crippen LogP contribution is 2.24. The van der Waals surface area contributed by atoms with Crippen LogP contribution in [0.5, 0.6) is 0 Å². The predicted octanol–water partition coefficient (Wildman–Crippen LogP) is 5.75. The monoisotopic (exact) mass is 485 g/mol. The molecule has 178 valence electrons. The van der Waals surface area contributed by atoms with E-state index in [1.54, 1.807) is 22.5 Å². The molecule has 7 heteroatoms. The van der Waals surface area contributed by atoms with Gasteiger partial charge in [-0.3, -0.25) is 9.20 Å².